The van der Waals surface area contributed by atoms with Crippen molar-refractivity contribution in [3.05, 3.63) is 16.1 Å². The molecular weight excluding hydrogens is 208 g/mol. The number of nitrogens with one attached hydrogen (secondary N) is 1. The van der Waals surface area contributed by atoms with E-state index in [-0.39, 0.29) is 0 Å². The molecule has 0 amide bonds. The van der Waals surface area contributed by atoms with Crippen molar-refractivity contribution in [3.63, 3.8) is 0 Å². The van der Waals surface area contributed by atoms with Crippen molar-refractivity contribution in [2.24, 2.45) is 5.92 Å². The molecule has 0 aliphatic carbocycles. The average molecular weight is 226 g/mol. The zero-order valence-corrected chi connectivity index (χ0v) is 9.98. The number of thiazole rings is 1. The predicted octanol–water partition coefficient (Wildman–Crippen LogP) is 1.97. The Bertz CT molecular complexity index is 295. The van der Waals surface area contributed by atoms with E-state index in [0.29, 0.717) is 0 Å². The van der Waals surface area contributed by atoms with Gasteiger partial charge in [0.1, 0.15) is 0 Å². The molecule has 0 saturated carbocycles. The molecule has 0 aromatic carbocycles. The van der Waals surface area contributed by atoms with Gasteiger partial charge in [0.2, 0.25) is 0 Å². The molecule has 1 unspecified atom stereocenters. The monoisotopic (exact) mass is 226 g/mol. The third-order valence-corrected chi connectivity index (χ3v) is 3.55. The number of nitrogens with zero attached hydrogens (tertiary/aromatic N) is 1. The maximum absolute atomic E-state index is 5.34. The first kappa shape index (κ1) is 11.0. The predicted molar refractivity (Wildman–Crippen MR) is 62.1 cm³/mol. The first-order valence-electron chi connectivity index (χ1n) is 5.54. The van der Waals surface area contributed by atoms with Crippen molar-refractivity contribution in [2.45, 2.75) is 26.3 Å². The van der Waals surface area contributed by atoms with Gasteiger partial charge >= 0.3 is 0 Å². The highest BCUT2D eigenvalue weighted by Gasteiger charge is 2.14. The van der Waals surface area contributed by atoms with Crippen LogP contribution in [0.3, 0.4) is 0 Å². The molecule has 1 fully saturated rings. The highest BCUT2D eigenvalue weighted by Crippen LogP contribution is 2.15. The summed E-state index contributed by atoms with van der Waals surface area (Å²) < 4.78 is 5.34. The van der Waals surface area contributed by atoms with E-state index < -0.39 is 0 Å². The lowest BCUT2D eigenvalue weighted by atomic mass is 10.1. The molecule has 15 heavy (non-hydrogen) atoms. The second-order valence-corrected chi connectivity index (χ2v) is 5.12. The summed E-state index contributed by atoms with van der Waals surface area (Å²) in [4.78, 5) is 4.41. The summed E-state index contributed by atoms with van der Waals surface area (Å²) in [5.74, 6) is 0.773. The largest absolute Gasteiger partial charge is 0.381 e. The van der Waals surface area contributed by atoms with Crippen LogP contribution in [0.1, 0.15) is 23.5 Å². The Kier molecular flexibility index (Phi) is 4.11. The molecule has 1 saturated heterocycles. The third-order valence-electron chi connectivity index (χ3n) is 2.73. The maximum atomic E-state index is 5.34. The van der Waals surface area contributed by atoms with Crippen molar-refractivity contribution < 1.29 is 4.74 Å². The van der Waals surface area contributed by atoms with Crippen LogP contribution in [-0.4, -0.2) is 24.7 Å². The van der Waals surface area contributed by atoms with Gasteiger partial charge in [0.15, 0.2) is 0 Å². The lowest BCUT2D eigenvalue weighted by Crippen LogP contribution is -2.18. The molecule has 1 aromatic heterocycles. The molecule has 1 aliphatic heterocycles. The molecule has 0 spiro atoms. The smallest absolute Gasteiger partial charge is 0.0897 e. The Labute approximate surface area is 94.9 Å². The molecule has 4 heteroatoms. The SMILES string of the molecule is Cc1nc(CNCCC2CCOC2)cs1. The highest BCUT2D eigenvalue weighted by atomic mass is 32.1. The summed E-state index contributed by atoms with van der Waals surface area (Å²) in [5, 5.41) is 6.71. The van der Waals surface area contributed by atoms with Crippen molar-refractivity contribution in [1.29, 1.82) is 0 Å². The van der Waals surface area contributed by atoms with Gasteiger partial charge in [0.25, 0.3) is 0 Å². The van der Waals surface area contributed by atoms with Crippen LogP contribution < -0.4 is 5.32 Å². The van der Waals surface area contributed by atoms with Gasteiger partial charge in [-0.25, -0.2) is 4.98 Å². The summed E-state index contributed by atoms with van der Waals surface area (Å²) in [6, 6.07) is 0. The third kappa shape index (κ3) is 3.55. The van der Waals surface area contributed by atoms with Gasteiger partial charge in [-0.1, -0.05) is 0 Å². The van der Waals surface area contributed by atoms with Crippen molar-refractivity contribution in [1.82, 2.24) is 10.3 Å². The van der Waals surface area contributed by atoms with Gasteiger partial charge in [-0.15, -0.1) is 11.3 Å². The summed E-state index contributed by atoms with van der Waals surface area (Å²) in [6.07, 6.45) is 2.46. The van der Waals surface area contributed by atoms with Crippen LogP contribution in [0.25, 0.3) is 0 Å². The van der Waals surface area contributed by atoms with Crippen molar-refractivity contribution in [2.75, 3.05) is 19.8 Å². The van der Waals surface area contributed by atoms with E-state index in [2.05, 4.69) is 15.7 Å². The molecule has 2 rings (SSSR count). The molecule has 1 N–H and O–H groups in total. The molecule has 1 atom stereocenters. The molecule has 1 aliphatic rings. The zero-order valence-electron chi connectivity index (χ0n) is 9.16. The topological polar surface area (TPSA) is 34.2 Å². The highest BCUT2D eigenvalue weighted by molar-refractivity contribution is 7.09. The van der Waals surface area contributed by atoms with E-state index in [1.54, 1.807) is 11.3 Å². The minimum absolute atomic E-state index is 0.773. The molecule has 0 radical (unpaired) electrons. The van der Waals surface area contributed by atoms with Crippen LogP contribution in [0.15, 0.2) is 5.38 Å². The van der Waals surface area contributed by atoms with Crippen LogP contribution in [0.2, 0.25) is 0 Å². The van der Waals surface area contributed by atoms with E-state index in [4.69, 9.17) is 4.74 Å². The Morgan fingerprint density at radius 1 is 1.67 bits per heavy atom. The minimum atomic E-state index is 0.773. The number of hydrogen-bond donors (Lipinski definition) is 1. The summed E-state index contributed by atoms with van der Waals surface area (Å²) in [7, 11) is 0. The summed E-state index contributed by atoms with van der Waals surface area (Å²) >= 11 is 1.72. The minimum Gasteiger partial charge on any atom is -0.381 e. The van der Waals surface area contributed by atoms with E-state index in [1.165, 1.54) is 18.5 Å². The van der Waals surface area contributed by atoms with E-state index >= 15 is 0 Å². The Hall–Kier alpha value is -0.450. The number of hydrogen-bond acceptors (Lipinski definition) is 4. The van der Waals surface area contributed by atoms with E-state index in [9.17, 15) is 0 Å². The molecule has 84 valence electrons. The van der Waals surface area contributed by atoms with Gasteiger partial charge in [0, 0.05) is 25.1 Å². The first-order valence-corrected chi connectivity index (χ1v) is 6.42. The fourth-order valence-corrected chi connectivity index (χ4v) is 2.44. The van der Waals surface area contributed by atoms with Crippen LogP contribution in [0, 0.1) is 12.8 Å². The number of aryl methyl sites for hydroxylation is 1. The van der Waals surface area contributed by atoms with Crippen LogP contribution >= 0.6 is 11.3 Å². The molecule has 1 aromatic rings. The maximum Gasteiger partial charge on any atom is 0.0897 e. The average Bonchev–Trinajstić information content (AvgIpc) is 2.84. The lowest BCUT2D eigenvalue weighted by Gasteiger charge is -2.07. The molecule has 2 heterocycles. The second-order valence-electron chi connectivity index (χ2n) is 4.05. The Balaban J connectivity index is 1.58. The normalized spacial score (nSPS) is 21.0. The number of aromatic nitrogens is 1. The Morgan fingerprint density at radius 3 is 3.27 bits per heavy atom. The molecule has 3 nitrogen and oxygen atoms in total. The second kappa shape index (κ2) is 5.58. The fraction of sp³-hybridized carbons (Fsp3) is 0.727. The van der Waals surface area contributed by atoms with Crippen molar-refractivity contribution >= 4 is 11.3 Å². The van der Waals surface area contributed by atoms with Crippen molar-refractivity contribution in [3.8, 4) is 0 Å². The van der Waals surface area contributed by atoms with Gasteiger partial charge < -0.3 is 10.1 Å². The molecular formula is C11H18N2OS. The van der Waals surface area contributed by atoms with Crippen LogP contribution in [-0.2, 0) is 11.3 Å². The van der Waals surface area contributed by atoms with E-state index in [1.807, 2.05) is 6.92 Å². The standard InChI is InChI=1S/C11H18N2OS/c1-9-13-11(8-15-9)6-12-4-2-10-3-5-14-7-10/h8,10,12H,2-7H2,1H3. The Morgan fingerprint density at radius 2 is 2.60 bits per heavy atom. The van der Waals surface area contributed by atoms with Gasteiger partial charge in [0.05, 0.1) is 10.7 Å². The quantitative estimate of drug-likeness (QED) is 0.779. The van der Waals surface area contributed by atoms with Crippen LogP contribution in [0.5, 0.6) is 0 Å². The van der Waals surface area contributed by atoms with Gasteiger partial charge in [-0.3, -0.25) is 0 Å². The summed E-state index contributed by atoms with van der Waals surface area (Å²) in [6.45, 7) is 5.93. The summed E-state index contributed by atoms with van der Waals surface area (Å²) in [5.41, 5.74) is 1.17. The number of rotatable bonds is 5. The fourth-order valence-electron chi connectivity index (χ4n) is 1.82. The molecule has 0 bridgehead atoms. The first-order chi connectivity index (χ1) is 7.34. The van der Waals surface area contributed by atoms with E-state index in [0.717, 1.165) is 37.2 Å². The zero-order chi connectivity index (χ0) is 10.5. The van der Waals surface area contributed by atoms with Gasteiger partial charge in [-0.05, 0) is 32.2 Å². The number of ether oxygens (including phenoxy) is 1. The van der Waals surface area contributed by atoms with Gasteiger partial charge in [-0.2, -0.15) is 0 Å². The van der Waals surface area contributed by atoms with Crippen LogP contribution in [0.4, 0.5) is 0 Å². The lowest BCUT2D eigenvalue weighted by molar-refractivity contribution is 0.184.